The lowest BCUT2D eigenvalue weighted by Gasteiger charge is -2.11. The van der Waals surface area contributed by atoms with Gasteiger partial charge in [-0.15, -0.1) is 0 Å². The molecule has 0 atom stereocenters. The summed E-state index contributed by atoms with van der Waals surface area (Å²) in [4.78, 5) is 10.6. The minimum Gasteiger partial charge on any atom is -0.496 e. The summed E-state index contributed by atoms with van der Waals surface area (Å²) in [6.45, 7) is 0.328. The zero-order valence-electron chi connectivity index (χ0n) is 12.0. The molecule has 2 aromatic carbocycles. The second kappa shape index (κ2) is 7.66. The van der Waals surface area contributed by atoms with Crippen LogP contribution in [0.15, 0.2) is 53.0 Å². The van der Waals surface area contributed by atoms with E-state index in [1.165, 1.54) is 6.08 Å². The van der Waals surface area contributed by atoms with Crippen LogP contribution in [0, 0.1) is 0 Å². The lowest BCUT2D eigenvalue weighted by Crippen LogP contribution is -1.99. The Kier molecular flexibility index (Phi) is 5.61. The SMILES string of the molecule is COc1ccc(C=CC(=O)O)cc1COc1cccc(Br)c1. The minimum absolute atomic E-state index is 0.328. The number of ether oxygens (including phenoxy) is 2. The fourth-order valence-electron chi connectivity index (χ4n) is 1.90. The van der Waals surface area contributed by atoms with Crippen molar-refractivity contribution in [2.24, 2.45) is 0 Å². The standard InChI is InChI=1S/C17H15BrO4/c1-21-16-7-5-12(6-8-17(19)20)9-13(16)11-22-15-4-2-3-14(18)10-15/h2-10H,11H2,1H3,(H,19,20). The number of rotatable bonds is 6. The molecule has 0 amide bonds. The molecule has 0 aliphatic carbocycles. The lowest BCUT2D eigenvalue weighted by molar-refractivity contribution is -0.131. The van der Waals surface area contributed by atoms with Gasteiger partial charge in [-0.1, -0.05) is 28.1 Å². The second-order valence-electron chi connectivity index (χ2n) is 4.49. The van der Waals surface area contributed by atoms with E-state index in [4.69, 9.17) is 14.6 Å². The molecular formula is C17H15BrO4. The van der Waals surface area contributed by atoms with Crippen molar-refractivity contribution in [3.05, 3.63) is 64.1 Å². The Morgan fingerprint density at radius 2 is 2.09 bits per heavy atom. The van der Waals surface area contributed by atoms with Gasteiger partial charge in [0, 0.05) is 16.1 Å². The quantitative estimate of drug-likeness (QED) is 0.784. The van der Waals surface area contributed by atoms with E-state index in [1.54, 1.807) is 19.2 Å². The van der Waals surface area contributed by atoms with E-state index >= 15 is 0 Å². The topological polar surface area (TPSA) is 55.8 Å². The average Bonchev–Trinajstić information content (AvgIpc) is 2.51. The summed E-state index contributed by atoms with van der Waals surface area (Å²) in [5.41, 5.74) is 1.62. The number of carbonyl (C=O) groups is 1. The highest BCUT2D eigenvalue weighted by atomic mass is 79.9. The molecule has 2 rings (SSSR count). The van der Waals surface area contributed by atoms with Crippen molar-refractivity contribution in [3.63, 3.8) is 0 Å². The van der Waals surface area contributed by atoms with Crippen molar-refractivity contribution >= 4 is 28.0 Å². The molecule has 22 heavy (non-hydrogen) atoms. The molecule has 0 bridgehead atoms. The summed E-state index contributed by atoms with van der Waals surface area (Å²) < 4.78 is 12.0. The fourth-order valence-corrected chi connectivity index (χ4v) is 2.28. The highest BCUT2D eigenvalue weighted by Crippen LogP contribution is 2.24. The molecule has 4 nitrogen and oxygen atoms in total. The van der Waals surface area contributed by atoms with Gasteiger partial charge in [-0.05, 0) is 42.0 Å². The van der Waals surface area contributed by atoms with Gasteiger partial charge in [-0.3, -0.25) is 0 Å². The Morgan fingerprint density at radius 3 is 2.77 bits per heavy atom. The van der Waals surface area contributed by atoms with Gasteiger partial charge in [0.15, 0.2) is 0 Å². The summed E-state index contributed by atoms with van der Waals surface area (Å²) >= 11 is 3.39. The molecule has 0 heterocycles. The molecule has 0 aliphatic heterocycles. The van der Waals surface area contributed by atoms with E-state index in [1.807, 2.05) is 30.3 Å². The minimum atomic E-state index is -0.984. The van der Waals surface area contributed by atoms with Crippen molar-refractivity contribution in [3.8, 4) is 11.5 Å². The highest BCUT2D eigenvalue weighted by molar-refractivity contribution is 9.10. The van der Waals surface area contributed by atoms with Gasteiger partial charge in [-0.2, -0.15) is 0 Å². The van der Waals surface area contributed by atoms with Crippen LogP contribution in [-0.2, 0) is 11.4 Å². The highest BCUT2D eigenvalue weighted by Gasteiger charge is 2.05. The van der Waals surface area contributed by atoms with E-state index in [0.717, 1.165) is 27.4 Å². The van der Waals surface area contributed by atoms with Gasteiger partial charge in [0.1, 0.15) is 18.1 Å². The summed E-state index contributed by atoms with van der Waals surface area (Å²) in [5.74, 6) is 0.452. The second-order valence-corrected chi connectivity index (χ2v) is 5.40. The van der Waals surface area contributed by atoms with Crippen LogP contribution in [-0.4, -0.2) is 18.2 Å². The first-order valence-corrected chi connectivity index (χ1v) is 7.34. The maximum atomic E-state index is 10.6. The van der Waals surface area contributed by atoms with Crippen LogP contribution in [0.3, 0.4) is 0 Å². The first kappa shape index (κ1) is 16.1. The summed E-state index contributed by atoms with van der Waals surface area (Å²) in [6, 6.07) is 13.0. The van der Waals surface area contributed by atoms with Gasteiger partial charge in [0.25, 0.3) is 0 Å². The molecule has 2 aromatic rings. The smallest absolute Gasteiger partial charge is 0.328 e. The zero-order valence-corrected chi connectivity index (χ0v) is 13.5. The summed E-state index contributed by atoms with van der Waals surface area (Å²) in [5, 5.41) is 8.68. The van der Waals surface area contributed by atoms with Crippen molar-refractivity contribution in [2.75, 3.05) is 7.11 Å². The Hall–Kier alpha value is -2.27. The van der Waals surface area contributed by atoms with E-state index in [-0.39, 0.29) is 0 Å². The van der Waals surface area contributed by atoms with E-state index in [9.17, 15) is 4.79 Å². The van der Waals surface area contributed by atoms with Crippen molar-refractivity contribution in [1.29, 1.82) is 0 Å². The zero-order chi connectivity index (χ0) is 15.9. The molecule has 0 saturated carbocycles. The summed E-state index contributed by atoms with van der Waals surface area (Å²) in [7, 11) is 1.59. The van der Waals surface area contributed by atoms with Crippen molar-refractivity contribution in [2.45, 2.75) is 6.61 Å². The molecule has 0 radical (unpaired) electrons. The Balaban J connectivity index is 2.17. The molecule has 0 aliphatic rings. The molecule has 0 saturated heterocycles. The monoisotopic (exact) mass is 362 g/mol. The Labute approximate surface area is 137 Å². The van der Waals surface area contributed by atoms with Crippen LogP contribution in [0.2, 0.25) is 0 Å². The molecule has 0 spiro atoms. The molecule has 0 fully saturated rings. The van der Waals surface area contributed by atoms with Gasteiger partial charge >= 0.3 is 5.97 Å². The third kappa shape index (κ3) is 4.63. The predicted octanol–water partition coefficient (Wildman–Crippen LogP) is 4.13. The first-order valence-electron chi connectivity index (χ1n) is 6.55. The number of carboxylic acids is 1. The van der Waals surface area contributed by atoms with Crippen molar-refractivity contribution < 1.29 is 19.4 Å². The third-order valence-corrected chi connectivity index (χ3v) is 3.41. The number of benzene rings is 2. The number of aliphatic carboxylic acids is 1. The Bertz CT molecular complexity index is 695. The third-order valence-electron chi connectivity index (χ3n) is 2.91. The lowest BCUT2D eigenvalue weighted by atomic mass is 10.1. The van der Waals surface area contributed by atoms with Crippen LogP contribution >= 0.6 is 15.9 Å². The molecule has 1 N–H and O–H groups in total. The molecule has 0 aromatic heterocycles. The number of halogens is 1. The normalized spacial score (nSPS) is 10.6. The average molecular weight is 363 g/mol. The number of carboxylic acid groups (broad SMARTS) is 1. The van der Waals surface area contributed by atoms with Crippen LogP contribution in [0.5, 0.6) is 11.5 Å². The Morgan fingerprint density at radius 1 is 1.27 bits per heavy atom. The maximum absolute atomic E-state index is 10.6. The fraction of sp³-hybridized carbons (Fsp3) is 0.118. The molecular weight excluding hydrogens is 348 g/mol. The van der Waals surface area contributed by atoms with Gasteiger partial charge in [-0.25, -0.2) is 4.79 Å². The number of hydrogen-bond donors (Lipinski definition) is 1. The van der Waals surface area contributed by atoms with Crippen LogP contribution in [0.4, 0.5) is 0 Å². The maximum Gasteiger partial charge on any atom is 0.328 e. The predicted molar refractivity (Wildman–Crippen MR) is 88.1 cm³/mol. The number of hydrogen-bond acceptors (Lipinski definition) is 3. The van der Waals surface area contributed by atoms with Gasteiger partial charge in [0.05, 0.1) is 7.11 Å². The molecule has 114 valence electrons. The summed E-state index contributed by atoms with van der Waals surface area (Å²) in [6.07, 6.45) is 2.63. The van der Waals surface area contributed by atoms with Crippen molar-refractivity contribution in [1.82, 2.24) is 0 Å². The molecule has 5 heteroatoms. The first-order chi connectivity index (χ1) is 10.6. The van der Waals surface area contributed by atoms with Crippen LogP contribution < -0.4 is 9.47 Å². The number of methoxy groups -OCH3 is 1. The largest absolute Gasteiger partial charge is 0.496 e. The van der Waals surface area contributed by atoms with Gasteiger partial charge < -0.3 is 14.6 Å². The van der Waals surface area contributed by atoms with E-state index in [2.05, 4.69) is 15.9 Å². The van der Waals surface area contributed by atoms with Gasteiger partial charge in [0.2, 0.25) is 0 Å². The van der Waals surface area contributed by atoms with Crippen LogP contribution in [0.1, 0.15) is 11.1 Å². The van der Waals surface area contributed by atoms with Crippen LogP contribution in [0.25, 0.3) is 6.08 Å². The van der Waals surface area contributed by atoms with E-state index in [0.29, 0.717) is 12.4 Å². The van der Waals surface area contributed by atoms with E-state index < -0.39 is 5.97 Å². The molecule has 0 unspecified atom stereocenters.